The lowest BCUT2D eigenvalue weighted by molar-refractivity contribution is -0.137. The molecule has 0 aromatic heterocycles. The molecule has 2 nitrogen and oxygen atoms in total. The molecule has 0 amide bonds. The normalized spacial score (nSPS) is 11.5. The quantitative estimate of drug-likeness (QED) is 0.669. The summed E-state index contributed by atoms with van der Waals surface area (Å²) in [5.74, 6) is 1.07. The molecule has 5 heteroatoms. The lowest BCUT2D eigenvalue weighted by atomic mass is 10.0. The number of hydrogen-bond acceptors (Lipinski definition) is 2. The van der Waals surface area contributed by atoms with Gasteiger partial charge in [0, 0.05) is 0 Å². The number of ether oxygens (including phenoxy) is 2. The van der Waals surface area contributed by atoms with Gasteiger partial charge in [0.2, 0.25) is 0 Å². The monoisotopic (exact) mass is 334 g/mol. The lowest BCUT2D eigenvalue weighted by Crippen LogP contribution is -2.06. The van der Waals surface area contributed by atoms with Crippen LogP contribution in [0.1, 0.15) is 22.3 Å². The van der Waals surface area contributed by atoms with Crippen molar-refractivity contribution in [3.8, 4) is 11.5 Å². The van der Waals surface area contributed by atoms with Gasteiger partial charge in [-0.2, -0.15) is 13.2 Å². The van der Waals surface area contributed by atoms with E-state index in [1.807, 2.05) is 0 Å². The van der Waals surface area contributed by atoms with Crippen LogP contribution in [0.4, 0.5) is 13.2 Å². The molecule has 0 unspecified atom stereocenters. The van der Waals surface area contributed by atoms with Gasteiger partial charge in [0.15, 0.2) is 0 Å². The number of benzene rings is 2. The summed E-state index contributed by atoms with van der Waals surface area (Å²) in [6.07, 6.45) is 0.209. The molecule has 0 aliphatic carbocycles. The van der Waals surface area contributed by atoms with E-state index in [1.165, 1.54) is 32.4 Å². The topological polar surface area (TPSA) is 18.5 Å². The van der Waals surface area contributed by atoms with E-state index in [0.29, 0.717) is 22.6 Å². The van der Waals surface area contributed by atoms with Crippen molar-refractivity contribution in [3.63, 3.8) is 0 Å². The Balaban J connectivity index is 2.45. The van der Waals surface area contributed by atoms with Crippen LogP contribution >= 0.6 is 0 Å². The molecule has 2 rings (SSSR count). The zero-order valence-corrected chi connectivity index (χ0v) is 13.4. The molecule has 0 saturated heterocycles. The van der Waals surface area contributed by atoms with E-state index in [9.17, 15) is 13.2 Å². The van der Waals surface area contributed by atoms with Crippen LogP contribution in [0.15, 0.2) is 43.0 Å². The Hall–Kier alpha value is -2.69. The third-order valence-electron chi connectivity index (χ3n) is 3.49. The highest BCUT2D eigenvalue weighted by Crippen LogP contribution is 2.34. The summed E-state index contributed by atoms with van der Waals surface area (Å²) < 4.78 is 49.6. The van der Waals surface area contributed by atoms with Crippen LogP contribution in [0.5, 0.6) is 11.5 Å². The van der Waals surface area contributed by atoms with Gasteiger partial charge in [-0.1, -0.05) is 43.0 Å². The molecule has 0 spiro atoms. The third kappa shape index (κ3) is 3.79. The van der Waals surface area contributed by atoms with Crippen molar-refractivity contribution in [1.29, 1.82) is 0 Å². The van der Waals surface area contributed by atoms with E-state index in [-0.39, 0.29) is 5.56 Å². The molecule has 0 atom stereocenters. The van der Waals surface area contributed by atoms with Gasteiger partial charge in [0.25, 0.3) is 0 Å². The van der Waals surface area contributed by atoms with Crippen molar-refractivity contribution in [1.82, 2.24) is 0 Å². The van der Waals surface area contributed by atoms with Crippen molar-refractivity contribution in [3.05, 3.63) is 65.2 Å². The average Bonchev–Trinajstić information content (AvgIpc) is 2.58. The molecule has 2 aromatic rings. The molecule has 0 fully saturated rings. The molecule has 0 heterocycles. The molecule has 0 aliphatic rings. The second-order valence-corrected chi connectivity index (χ2v) is 4.96. The maximum absolute atomic E-state index is 13.0. The summed E-state index contributed by atoms with van der Waals surface area (Å²) in [5.41, 5.74) is 0.762. The average molecular weight is 334 g/mol. The minimum Gasteiger partial charge on any atom is -0.496 e. The highest BCUT2D eigenvalue weighted by Gasteiger charge is 2.32. The van der Waals surface area contributed by atoms with Crippen LogP contribution in [0, 0.1) is 0 Å². The standard InChI is InChI=1S/C19H17F3O2/c1-4-15-17(23-2)11-13(12-18(15)24-3)9-10-14-7-5-6-8-16(14)19(20,21)22/h4-12H,1H2,2-3H3/b10-9+. The Morgan fingerprint density at radius 2 is 1.54 bits per heavy atom. The summed E-state index contributed by atoms with van der Waals surface area (Å²) in [6.45, 7) is 3.71. The number of hydrogen-bond donors (Lipinski definition) is 0. The first-order valence-electron chi connectivity index (χ1n) is 7.13. The third-order valence-corrected chi connectivity index (χ3v) is 3.49. The number of halogens is 3. The molecule has 0 radical (unpaired) electrons. The molecule has 0 N–H and O–H groups in total. The SMILES string of the molecule is C=Cc1c(OC)cc(/C=C/c2ccccc2C(F)(F)F)cc1OC. The highest BCUT2D eigenvalue weighted by molar-refractivity contribution is 5.75. The Morgan fingerprint density at radius 3 is 2.04 bits per heavy atom. The van der Waals surface area contributed by atoms with E-state index in [4.69, 9.17) is 9.47 Å². The van der Waals surface area contributed by atoms with Crippen molar-refractivity contribution < 1.29 is 22.6 Å². The van der Waals surface area contributed by atoms with Crippen LogP contribution in [-0.2, 0) is 6.18 Å². The van der Waals surface area contributed by atoms with Crippen LogP contribution in [0.3, 0.4) is 0 Å². The Morgan fingerprint density at radius 1 is 0.958 bits per heavy atom. The van der Waals surface area contributed by atoms with Gasteiger partial charge >= 0.3 is 6.18 Å². The van der Waals surface area contributed by atoms with Gasteiger partial charge in [0.05, 0.1) is 25.3 Å². The number of rotatable bonds is 5. The zero-order valence-electron chi connectivity index (χ0n) is 13.4. The van der Waals surface area contributed by atoms with Crippen LogP contribution in [0.25, 0.3) is 18.2 Å². The van der Waals surface area contributed by atoms with Crippen molar-refractivity contribution in [2.24, 2.45) is 0 Å². The minimum atomic E-state index is -4.40. The summed E-state index contributed by atoms with van der Waals surface area (Å²) in [5, 5.41) is 0. The van der Waals surface area contributed by atoms with Gasteiger partial charge in [-0.3, -0.25) is 0 Å². The summed E-state index contributed by atoms with van der Waals surface area (Å²) >= 11 is 0. The molecule has 2 aromatic carbocycles. The van der Waals surface area contributed by atoms with Crippen LogP contribution in [0.2, 0.25) is 0 Å². The maximum atomic E-state index is 13.0. The van der Waals surface area contributed by atoms with E-state index in [2.05, 4.69) is 6.58 Å². The molecular weight excluding hydrogens is 317 g/mol. The largest absolute Gasteiger partial charge is 0.496 e. The first-order chi connectivity index (χ1) is 11.4. The fourth-order valence-corrected chi connectivity index (χ4v) is 2.34. The maximum Gasteiger partial charge on any atom is 0.416 e. The van der Waals surface area contributed by atoms with Gasteiger partial charge in [-0.15, -0.1) is 0 Å². The predicted molar refractivity (Wildman–Crippen MR) is 90.0 cm³/mol. The predicted octanol–water partition coefficient (Wildman–Crippen LogP) is 5.54. The summed E-state index contributed by atoms with van der Waals surface area (Å²) in [4.78, 5) is 0. The Kier molecular flexibility index (Phi) is 5.34. The minimum absolute atomic E-state index is 0.0933. The molecule has 24 heavy (non-hydrogen) atoms. The summed E-state index contributed by atoms with van der Waals surface area (Å²) in [7, 11) is 3.02. The van der Waals surface area contributed by atoms with E-state index in [1.54, 1.807) is 30.4 Å². The van der Waals surface area contributed by atoms with Gasteiger partial charge < -0.3 is 9.47 Å². The van der Waals surface area contributed by atoms with E-state index >= 15 is 0 Å². The first kappa shape index (κ1) is 17.7. The molecule has 0 aliphatic heterocycles. The van der Waals surface area contributed by atoms with Crippen LogP contribution in [-0.4, -0.2) is 14.2 Å². The second-order valence-electron chi connectivity index (χ2n) is 4.96. The van der Waals surface area contributed by atoms with Crippen molar-refractivity contribution in [2.75, 3.05) is 14.2 Å². The van der Waals surface area contributed by atoms with E-state index in [0.717, 1.165) is 6.07 Å². The molecule has 0 saturated carbocycles. The lowest BCUT2D eigenvalue weighted by Gasteiger charge is -2.12. The van der Waals surface area contributed by atoms with Crippen molar-refractivity contribution in [2.45, 2.75) is 6.18 Å². The summed E-state index contributed by atoms with van der Waals surface area (Å²) in [6, 6.07) is 8.84. The zero-order chi connectivity index (χ0) is 17.7. The van der Waals surface area contributed by atoms with Crippen molar-refractivity contribution >= 4 is 18.2 Å². The second kappa shape index (κ2) is 7.25. The Labute approximate surface area is 138 Å². The molecule has 126 valence electrons. The molecular formula is C19H17F3O2. The van der Waals surface area contributed by atoms with E-state index < -0.39 is 11.7 Å². The van der Waals surface area contributed by atoms with Gasteiger partial charge in [-0.05, 0) is 29.3 Å². The van der Waals surface area contributed by atoms with Gasteiger partial charge in [-0.25, -0.2) is 0 Å². The number of methoxy groups -OCH3 is 2. The number of alkyl halides is 3. The van der Waals surface area contributed by atoms with Gasteiger partial charge in [0.1, 0.15) is 11.5 Å². The van der Waals surface area contributed by atoms with Crippen LogP contribution < -0.4 is 9.47 Å². The highest BCUT2D eigenvalue weighted by atomic mass is 19.4. The smallest absolute Gasteiger partial charge is 0.416 e. The fourth-order valence-electron chi connectivity index (χ4n) is 2.34. The Bertz CT molecular complexity index is 736. The fraction of sp³-hybridized carbons (Fsp3) is 0.158. The first-order valence-corrected chi connectivity index (χ1v) is 7.13. The molecule has 0 bridgehead atoms.